The largest absolute Gasteiger partial charge is 0.460 e. The molecule has 0 atom stereocenters. The third-order valence-electron chi connectivity index (χ3n) is 4.69. The van der Waals surface area contributed by atoms with Gasteiger partial charge in [0, 0.05) is 11.8 Å². The van der Waals surface area contributed by atoms with Crippen LogP contribution in [0.5, 0.6) is 0 Å². The van der Waals surface area contributed by atoms with Crippen molar-refractivity contribution < 1.29 is 74.6 Å². The first kappa shape index (κ1) is 31.5. The van der Waals surface area contributed by atoms with E-state index in [4.69, 9.17) is 0 Å². The fraction of sp³-hybridized carbons (Fsp3) is 0.647. The highest BCUT2D eigenvalue weighted by Crippen LogP contribution is 2.64. The van der Waals surface area contributed by atoms with Crippen molar-refractivity contribution in [3.05, 3.63) is 35.4 Å². The van der Waals surface area contributed by atoms with E-state index >= 15 is 0 Å². The molecule has 0 aromatic heterocycles. The summed E-state index contributed by atoms with van der Waals surface area (Å²) >= 11 is 2.97. The molecule has 0 aliphatic rings. The molecular formula is C17H10BrF17. The second-order valence-electron chi connectivity index (χ2n) is 7.10. The van der Waals surface area contributed by atoms with E-state index in [1.54, 1.807) is 0 Å². The normalized spacial score (nSPS) is 15.5. The van der Waals surface area contributed by atoms with Gasteiger partial charge >= 0.3 is 47.6 Å². The Morgan fingerprint density at radius 3 is 1.11 bits per heavy atom. The van der Waals surface area contributed by atoms with Crippen LogP contribution in [-0.2, 0) is 11.8 Å². The molecular weight excluding hydrogens is 607 g/mol. The van der Waals surface area contributed by atoms with Crippen molar-refractivity contribution >= 4 is 15.9 Å². The van der Waals surface area contributed by atoms with E-state index in [1.807, 2.05) is 0 Å². The van der Waals surface area contributed by atoms with Gasteiger partial charge in [-0.3, -0.25) is 0 Å². The van der Waals surface area contributed by atoms with Gasteiger partial charge in [-0.1, -0.05) is 40.2 Å². The van der Waals surface area contributed by atoms with Crippen LogP contribution in [0.3, 0.4) is 0 Å². The first-order valence-corrected chi connectivity index (χ1v) is 9.73. The van der Waals surface area contributed by atoms with Gasteiger partial charge in [0.25, 0.3) is 0 Å². The van der Waals surface area contributed by atoms with Crippen LogP contribution >= 0.6 is 15.9 Å². The van der Waals surface area contributed by atoms with Gasteiger partial charge in [0.05, 0.1) is 0 Å². The first-order chi connectivity index (χ1) is 15.3. The highest BCUT2D eigenvalue weighted by atomic mass is 79.9. The number of halogens is 18. The minimum atomic E-state index is -8.60. The van der Waals surface area contributed by atoms with Gasteiger partial charge < -0.3 is 0 Å². The molecule has 0 unspecified atom stereocenters. The summed E-state index contributed by atoms with van der Waals surface area (Å²) in [5, 5.41) is 0.217. The second-order valence-corrected chi connectivity index (χ2v) is 7.66. The molecule has 0 spiro atoms. The van der Waals surface area contributed by atoms with Crippen LogP contribution in [-0.4, -0.2) is 47.6 Å². The van der Waals surface area contributed by atoms with Crippen molar-refractivity contribution in [1.82, 2.24) is 0 Å². The average Bonchev–Trinajstić information content (AvgIpc) is 2.70. The maximum atomic E-state index is 13.8. The maximum Gasteiger partial charge on any atom is 0.460 e. The molecule has 35 heavy (non-hydrogen) atoms. The molecule has 1 rings (SSSR count). The zero-order valence-corrected chi connectivity index (χ0v) is 17.8. The minimum Gasteiger partial charge on any atom is -0.200 e. The standard InChI is InChI=1S/C17H10BrF17/c18-7-9-3-1-8(2-4-9)5-6-10(19,20)11(21,22)12(23,24)13(25,26)14(27,28)15(29,30)16(31,32)17(33,34)35/h1-4H,5-7H2. The smallest absolute Gasteiger partial charge is 0.200 e. The highest BCUT2D eigenvalue weighted by Gasteiger charge is 2.95. The molecule has 1 aromatic carbocycles. The summed E-state index contributed by atoms with van der Waals surface area (Å²) in [6.07, 6.45) is -11.5. The Hall–Kier alpha value is -1.49. The number of aryl methyl sites for hydroxylation is 1. The third-order valence-corrected chi connectivity index (χ3v) is 5.34. The molecule has 0 heterocycles. The molecule has 0 saturated heterocycles. The predicted octanol–water partition coefficient (Wildman–Crippen LogP) is 8.52. The van der Waals surface area contributed by atoms with E-state index in [9.17, 15) is 74.6 Å². The molecule has 0 fully saturated rings. The Labute approximate surface area is 192 Å². The quantitative estimate of drug-likeness (QED) is 0.183. The lowest BCUT2D eigenvalue weighted by molar-refractivity contribution is -0.461. The van der Waals surface area contributed by atoms with Gasteiger partial charge in [0.15, 0.2) is 0 Å². The summed E-state index contributed by atoms with van der Waals surface area (Å²) < 4.78 is 224. The Morgan fingerprint density at radius 2 is 0.771 bits per heavy atom. The molecule has 0 nitrogen and oxygen atoms in total. The number of hydrogen-bond acceptors (Lipinski definition) is 0. The molecule has 18 heteroatoms. The van der Waals surface area contributed by atoms with Crippen LogP contribution in [0.1, 0.15) is 17.5 Å². The van der Waals surface area contributed by atoms with Gasteiger partial charge in [-0.15, -0.1) is 0 Å². The Balaban J connectivity index is 3.42. The fourth-order valence-corrected chi connectivity index (χ4v) is 2.82. The third kappa shape index (κ3) is 4.79. The second kappa shape index (κ2) is 9.11. The van der Waals surface area contributed by atoms with Crippen molar-refractivity contribution in [3.8, 4) is 0 Å². The summed E-state index contributed by atoms with van der Waals surface area (Å²) in [4.78, 5) is 0. The summed E-state index contributed by atoms with van der Waals surface area (Å²) in [6.45, 7) is 0. The zero-order chi connectivity index (χ0) is 28.1. The number of hydrogen-bond donors (Lipinski definition) is 0. The van der Waals surface area contributed by atoms with E-state index in [2.05, 4.69) is 15.9 Å². The van der Waals surface area contributed by atoms with Crippen LogP contribution in [0.15, 0.2) is 24.3 Å². The van der Waals surface area contributed by atoms with Crippen LogP contribution in [0, 0.1) is 0 Å². The van der Waals surface area contributed by atoms with E-state index < -0.39 is 60.5 Å². The lowest BCUT2D eigenvalue weighted by Gasteiger charge is -2.42. The van der Waals surface area contributed by atoms with Crippen LogP contribution in [0.4, 0.5) is 74.6 Å². The molecule has 0 radical (unpaired) electrons. The summed E-state index contributed by atoms with van der Waals surface area (Å²) in [5.74, 6) is -56.0. The molecule has 0 bridgehead atoms. The monoisotopic (exact) mass is 616 g/mol. The van der Waals surface area contributed by atoms with Crippen molar-refractivity contribution in [2.24, 2.45) is 0 Å². The molecule has 0 saturated carbocycles. The Morgan fingerprint density at radius 1 is 0.457 bits per heavy atom. The summed E-state index contributed by atoms with van der Waals surface area (Å²) in [6, 6.07) is 4.41. The van der Waals surface area contributed by atoms with Gasteiger partial charge in [-0.25, -0.2) is 0 Å². The van der Waals surface area contributed by atoms with E-state index in [0.717, 1.165) is 12.1 Å². The Bertz CT molecular complexity index is 870. The van der Waals surface area contributed by atoms with Gasteiger partial charge in [-0.2, -0.15) is 74.6 Å². The van der Waals surface area contributed by atoms with Crippen LogP contribution < -0.4 is 0 Å². The maximum absolute atomic E-state index is 13.8. The van der Waals surface area contributed by atoms with E-state index in [0.29, 0.717) is 5.56 Å². The fourth-order valence-electron chi connectivity index (χ4n) is 2.45. The summed E-state index contributed by atoms with van der Waals surface area (Å²) in [5.41, 5.74) is 0.206. The van der Waals surface area contributed by atoms with E-state index in [1.165, 1.54) is 12.1 Å². The van der Waals surface area contributed by atoms with Crippen molar-refractivity contribution in [2.45, 2.75) is 65.8 Å². The molecule has 0 aliphatic carbocycles. The lowest BCUT2D eigenvalue weighted by Crippen LogP contribution is -2.74. The topological polar surface area (TPSA) is 0 Å². The molecule has 1 aromatic rings. The van der Waals surface area contributed by atoms with Crippen molar-refractivity contribution in [3.63, 3.8) is 0 Å². The molecule has 0 amide bonds. The van der Waals surface area contributed by atoms with Crippen molar-refractivity contribution in [2.75, 3.05) is 0 Å². The number of benzene rings is 1. The highest BCUT2D eigenvalue weighted by molar-refractivity contribution is 9.08. The van der Waals surface area contributed by atoms with Gasteiger partial charge in [-0.05, 0) is 17.5 Å². The SMILES string of the molecule is FC(F)(F)C(F)(F)C(F)(F)C(F)(F)C(F)(F)C(F)(F)C(F)(F)C(F)(F)CCc1ccc(CBr)cc1. The Kier molecular flexibility index (Phi) is 8.21. The molecule has 0 N–H and O–H groups in total. The van der Waals surface area contributed by atoms with Crippen LogP contribution in [0.25, 0.3) is 0 Å². The van der Waals surface area contributed by atoms with E-state index in [-0.39, 0.29) is 10.9 Å². The number of alkyl halides is 18. The first-order valence-electron chi connectivity index (χ1n) is 8.61. The summed E-state index contributed by atoms with van der Waals surface area (Å²) in [7, 11) is 0. The minimum absolute atomic E-state index is 0.217. The van der Waals surface area contributed by atoms with Crippen LogP contribution in [0.2, 0.25) is 0 Å². The lowest BCUT2D eigenvalue weighted by atomic mass is 9.87. The van der Waals surface area contributed by atoms with Gasteiger partial charge in [0.1, 0.15) is 0 Å². The van der Waals surface area contributed by atoms with Crippen molar-refractivity contribution in [1.29, 1.82) is 0 Å². The molecule has 0 aliphatic heterocycles. The predicted molar refractivity (Wildman–Crippen MR) is 88.1 cm³/mol. The van der Waals surface area contributed by atoms with Gasteiger partial charge in [0.2, 0.25) is 0 Å². The zero-order valence-electron chi connectivity index (χ0n) is 16.2. The molecule has 204 valence electrons. The average molecular weight is 617 g/mol. The number of rotatable bonds is 10.